The smallest absolute Gasteiger partial charge is 0.201 e. The van der Waals surface area contributed by atoms with Gasteiger partial charge in [0.15, 0.2) is 9.84 Å². The molecule has 0 radical (unpaired) electrons. The number of rotatable bonds is 4. The SMILES string of the molecule is CS(=O)(=O)c1cccc2c1nc(N)n2CCC1CCCC1. The fourth-order valence-corrected chi connectivity index (χ4v) is 4.11. The Bertz CT molecular complexity index is 759. The minimum Gasteiger partial charge on any atom is -0.369 e. The maximum Gasteiger partial charge on any atom is 0.201 e. The van der Waals surface area contributed by atoms with Crippen LogP contribution in [0.2, 0.25) is 0 Å². The summed E-state index contributed by atoms with van der Waals surface area (Å²) >= 11 is 0. The van der Waals surface area contributed by atoms with Crippen molar-refractivity contribution in [3.63, 3.8) is 0 Å². The zero-order valence-electron chi connectivity index (χ0n) is 12.2. The first kappa shape index (κ1) is 14.4. The number of benzene rings is 1. The Kier molecular flexibility index (Phi) is 3.65. The summed E-state index contributed by atoms with van der Waals surface area (Å²) in [6.45, 7) is 0.806. The van der Waals surface area contributed by atoms with Crippen molar-refractivity contribution < 1.29 is 8.42 Å². The summed E-state index contributed by atoms with van der Waals surface area (Å²) in [5.74, 6) is 1.17. The number of sulfone groups is 1. The molecule has 2 N–H and O–H groups in total. The lowest BCUT2D eigenvalue weighted by Crippen LogP contribution is -2.07. The van der Waals surface area contributed by atoms with Gasteiger partial charge in [-0.3, -0.25) is 0 Å². The number of aryl methyl sites for hydroxylation is 1. The van der Waals surface area contributed by atoms with E-state index in [1.807, 2.05) is 10.6 Å². The van der Waals surface area contributed by atoms with Gasteiger partial charge in [-0.05, 0) is 24.5 Å². The Morgan fingerprint density at radius 1 is 1.33 bits per heavy atom. The molecule has 1 aromatic carbocycles. The van der Waals surface area contributed by atoms with Gasteiger partial charge in [0.2, 0.25) is 5.95 Å². The lowest BCUT2D eigenvalue weighted by atomic mass is 10.0. The lowest BCUT2D eigenvalue weighted by Gasteiger charge is -2.11. The van der Waals surface area contributed by atoms with Gasteiger partial charge in [0.05, 0.1) is 10.4 Å². The van der Waals surface area contributed by atoms with Crippen LogP contribution in [0.1, 0.15) is 32.1 Å². The second-order valence-corrected chi connectivity index (χ2v) is 7.94. The highest BCUT2D eigenvalue weighted by Crippen LogP contribution is 2.30. The van der Waals surface area contributed by atoms with E-state index in [2.05, 4.69) is 4.98 Å². The van der Waals surface area contributed by atoms with Crippen LogP contribution in [0.5, 0.6) is 0 Å². The third kappa shape index (κ3) is 2.77. The summed E-state index contributed by atoms with van der Waals surface area (Å²) < 4.78 is 25.6. The van der Waals surface area contributed by atoms with E-state index in [1.165, 1.54) is 31.9 Å². The molecule has 0 bridgehead atoms. The van der Waals surface area contributed by atoms with Gasteiger partial charge in [0, 0.05) is 12.8 Å². The first-order valence-corrected chi connectivity index (χ1v) is 9.31. The summed E-state index contributed by atoms with van der Waals surface area (Å²) in [4.78, 5) is 4.54. The Hall–Kier alpha value is -1.56. The minimum atomic E-state index is -3.29. The fraction of sp³-hybridized carbons (Fsp3) is 0.533. The molecule has 6 heteroatoms. The summed E-state index contributed by atoms with van der Waals surface area (Å²) in [6, 6.07) is 5.24. The lowest BCUT2D eigenvalue weighted by molar-refractivity contribution is 0.464. The largest absolute Gasteiger partial charge is 0.369 e. The molecule has 0 saturated heterocycles. The Balaban J connectivity index is 1.97. The molecule has 5 nitrogen and oxygen atoms in total. The molecular formula is C15H21N3O2S. The molecule has 2 aromatic rings. The number of nitrogens with two attached hydrogens (primary N) is 1. The highest BCUT2D eigenvalue weighted by molar-refractivity contribution is 7.91. The van der Waals surface area contributed by atoms with Crippen molar-refractivity contribution in [2.24, 2.45) is 5.92 Å². The normalized spacial score (nSPS) is 16.8. The number of hydrogen-bond acceptors (Lipinski definition) is 4. The quantitative estimate of drug-likeness (QED) is 0.941. The summed E-state index contributed by atoms with van der Waals surface area (Å²) in [7, 11) is -3.29. The first-order chi connectivity index (χ1) is 9.97. The Morgan fingerprint density at radius 3 is 2.71 bits per heavy atom. The molecule has 1 aliphatic carbocycles. The van der Waals surface area contributed by atoms with Crippen LogP contribution < -0.4 is 5.73 Å². The monoisotopic (exact) mass is 307 g/mol. The van der Waals surface area contributed by atoms with Crippen LogP contribution in [-0.2, 0) is 16.4 Å². The van der Waals surface area contributed by atoms with Crippen molar-refractivity contribution in [3.8, 4) is 0 Å². The molecule has 21 heavy (non-hydrogen) atoms. The average Bonchev–Trinajstić information content (AvgIpc) is 3.01. The highest BCUT2D eigenvalue weighted by Gasteiger charge is 2.19. The number of aromatic nitrogens is 2. The van der Waals surface area contributed by atoms with Gasteiger partial charge in [-0.25, -0.2) is 13.4 Å². The van der Waals surface area contributed by atoms with Crippen LogP contribution in [0.4, 0.5) is 5.95 Å². The zero-order chi connectivity index (χ0) is 15.0. The van der Waals surface area contributed by atoms with E-state index in [9.17, 15) is 8.42 Å². The van der Waals surface area contributed by atoms with Crippen molar-refractivity contribution in [2.45, 2.75) is 43.5 Å². The fourth-order valence-electron chi connectivity index (χ4n) is 3.28. The van der Waals surface area contributed by atoms with Gasteiger partial charge in [0.25, 0.3) is 0 Å². The molecule has 1 fully saturated rings. The average molecular weight is 307 g/mol. The molecule has 3 rings (SSSR count). The van der Waals surface area contributed by atoms with E-state index < -0.39 is 9.84 Å². The van der Waals surface area contributed by atoms with Gasteiger partial charge >= 0.3 is 0 Å². The molecule has 1 aliphatic rings. The van der Waals surface area contributed by atoms with Gasteiger partial charge in [-0.15, -0.1) is 0 Å². The van der Waals surface area contributed by atoms with E-state index in [1.54, 1.807) is 12.1 Å². The topological polar surface area (TPSA) is 78.0 Å². The molecule has 114 valence electrons. The maximum absolute atomic E-state index is 11.8. The summed E-state index contributed by atoms with van der Waals surface area (Å²) in [6.07, 6.45) is 7.52. The van der Waals surface area contributed by atoms with Crippen molar-refractivity contribution in [1.29, 1.82) is 0 Å². The van der Waals surface area contributed by atoms with Crippen LogP contribution in [0.25, 0.3) is 11.0 Å². The van der Waals surface area contributed by atoms with Crippen LogP contribution in [0.3, 0.4) is 0 Å². The van der Waals surface area contributed by atoms with Crippen LogP contribution in [0.15, 0.2) is 23.1 Å². The minimum absolute atomic E-state index is 0.256. The molecule has 0 aliphatic heterocycles. The van der Waals surface area contributed by atoms with Crippen molar-refractivity contribution in [2.75, 3.05) is 12.0 Å². The Labute approximate surface area is 125 Å². The number of fused-ring (bicyclic) bond motifs is 1. The van der Waals surface area contributed by atoms with Crippen LogP contribution in [0, 0.1) is 5.92 Å². The maximum atomic E-state index is 11.8. The summed E-state index contributed by atoms with van der Waals surface area (Å²) in [5, 5.41) is 0. The molecule has 1 aromatic heterocycles. The molecule has 1 saturated carbocycles. The first-order valence-electron chi connectivity index (χ1n) is 7.41. The van der Waals surface area contributed by atoms with Crippen LogP contribution in [-0.4, -0.2) is 24.2 Å². The van der Waals surface area contributed by atoms with Gasteiger partial charge < -0.3 is 10.3 Å². The van der Waals surface area contributed by atoms with E-state index in [0.717, 1.165) is 24.4 Å². The number of anilines is 1. The predicted molar refractivity (Wildman–Crippen MR) is 83.8 cm³/mol. The second-order valence-electron chi connectivity index (χ2n) is 5.96. The molecular weight excluding hydrogens is 286 g/mol. The Morgan fingerprint density at radius 2 is 2.05 bits per heavy atom. The molecule has 0 unspecified atom stereocenters. The predicted octanol–water partition coefficient (Wildman–Crippen LogP) is 2.60. The second kappa shape index (κ2) is 5.33. The van der Waals surface area contributed by atoms with Crippen LogP contribution >= 0.6 is 0 Å². The number of para-hydroxylation sites is 1. The van der Waals surface area contributed by atoms with Gasteiger partial charge in [0.1, 0.15) is 5.52 Å². The van der Waals surface area contributed by atoms with Crippen molar-refractivity contribution in [3.05, 3.63) is 18.2 Å². The van der Waals surface area contributed by atoms with Crippen molar-refractivity contribution in [1.82, 2.24) is 9.55 Å². The van der Waals surface area contributed by atoms with Crippen molar-refractivity contribution >= 4 is 26.8 Å². The third-order valence-corrected chi connectivity index (χ3v) is 5.53. The van der Waals surface area contributed by atoms with E-state index in [0.29, 0.717) is 11.5 Å². The molecule has 1 heterocycles. The highest BCUT2D eigenvalue weighted by atomic mass is 32.2. The summed E-state index contributed by atoms with van der Waals surface area (Å²) in [5.41, 5.74) is 7.31. The van der Waals surface area contributed by atoms with Gasteiger partial charge in [-0.2, -0.15) is 0 Å². The third-order valence-electron chi connectivity index (χ3n) is 4.41. The van der Waals surface area contributed by atoms with E-state index >= 15 is 0 Å². The molecule has 0 spiro atoms. The molecule has 0 amide bonds. The standard InChI is InChI=1S/C15H21N3O2S/c1-21(19,20)13-8-4-7-12-14(13)17-15(16)18(12)10-9-11-5-2-3-6-11/h4,7-8,11H,2-3,5-6,9-10H2,1H3,(H2,16,17). The van der Waals surface area contributed by atoms with Gasteiger partial charge in [-0.1, -0.05) is 31.7 Å². The molecule has 0 atom stereocenters. The number of nitrogens with zero attached hydrogens (tertiary/aromatic N) is 2. The van der Waals surface area contributed by atoms with E-state index in [-0.39, 0.29) is 4.90 Å². The number of hydrogen-bond donors (Lipinski definition) is 1. The number of nitrogen functional groups attached to an aromatic ring is 1. The number of imidazole rings is 1. The zero-order valence-corrected chi connectivity index (χ0v) is 13.1. The van der Waals surface area contributed by atoms with E-state index in [4.69, 9.17) is 5.73 Å².